The minimum atomic E-state index is -0.868. The summed E-state index contributed by atoms with van der Waals surface area (Å²) in [7, 11) is 0. The van der Waals surface area contributed by atoms with Crippen LogP contribution in [0.3, 0.4) is 0 Å². The summed E-state index contributed by atoms with van der Waals surface area (Å²) < 4.78 is 34.5. The van der Waals surface area contributed by atoms with Crippen molar-refractivity contribution in [2.45, 2.75) is 334 Å². The Morgan fingerprint density at radius 2 is 0.528 bits per heavy atom. The van der Waals surface area contributed by atoms with Crippen LogP contribution in [-0.4, -0.2) is 75.0 Å². The van der Waals surface area contributed by atoms with Gasteiger partial charge in [0.2, 0.25) is 0 Å². The summed E-state index contributed by atoms with van der Waals surface area (Å²) in [6, 6.07) is 0. The molecule has 0 aromatic carbocycles. The van der Waals surface area contributed by atoms with Gasteiger partial charge >= 0.3 is 17.9 Å². The molecule has 3 saturated heterocycles. The number of carbonyl (C=O) groups excluding carboxylic acids is 3. The molecule has 0 radical (unpaired) electrons. The van der Waals surface area contributed by atoms with E-state index in [1.807, 2.05) is 0 Å². The van der Waals surface area contributed by atoms with Gasteiger partial charge < -0.3 is 28.4 Å². The normalized spacial score (nSPS) is 21.4. The van der Waals surface area contributed by atoms with Crippen LogP contribution < -0.4 is 0 Å². The quantitative estimate of drug-likeness (QED) is 0.0245. The third-order valence-electron chi connectivity index (χ3n) is 13.7. The molecule has 3 aliphatic heterocycles. The second-order valence-electron chi connectivity index (χ2n) is 20.6. The molecule has 6 atom stereocenters. The highest BCUT2D eigenvalue weighted by Crippen LogP contribution is 2.26. The van der Waals surface area contributed by atoms with E-state index in [2.05, 4.69) is 20.8 Å². The molecule has 15 nitrogen and oxygen atoms in total. The highest BCUT2D eigenvalue weighted by Gasteiger charge is 2.29. The van der Waals surface area contributed by atoms with Crippen molar-refractivity contribution < 1.29 is 72.1 Å². The maximum atomic E-state index is 12.9. The summed E-state index contributed by atoms with van der Waals surface area (Å²) in [6.07, 6.45) is 38.8. The Labute approximate surface area is 436 Å². The summed E-state index contributed by atoms with van der Waals surface area (Å²) >= 11 is 0. The van der Waals surface area contributed by atoms with Crippen LogP contribution in [0.2, 0.25) is 0 Å². The molecule has 6 unspecified atom stereocenters. The molecule has 3 heterocycles. The molecule has 422 valence electrons. The Hall–Kier alpha value is -1.95. The minimum Gasteiger partial charge on any atom is -0.462 e. The first kappa shape index (κ1) is 64.3. The molecular weight excluding hydrogens is 925 g/mol. The molecule has 0 amide bonds. The Morgan fingerprint density at radius 3 is 0.792 bits per heavy atom. The lowest BCUT2D eigenvalue weighted by Gasteiger charge is -2.18. The number of unbranched alkanes of at least 4 members (excludes halogenated alkanes) is 27. The zero-order valence-corrected chi connectivity index (χ0v) is 45.8. The van der Waals surface area contributed by atoms with Gasteiger partial charge in [-0.3, -0.25) is 14.4 Å². The fourth-order valence-corrected chi connectivity index (χ4v) is 9.20. The number of carbonyl (C=O) groups is 3. The summed E-state index contributed by atoms with van der Waals surface area (Å²) in [4.78, 5) is 70.8. The second kappa shape index (κ2) is 45.3. The first-order chi connectivity index (χ1) is 35.4. The molecule has 3 rings (SSSR count). The van der Waals surface area contributed by atoms with Crippen molar-refractivity contribution in [2.24, 2.45) is 0 Å². The number of hydrogen-bond acceptors (Lipinski definition) is 15. The van der Waals surface area contributed by atoms with E-state index in [4.69, 9.17) is 57.7 Å². The fraction of sp³-hybridized carbons (Fsp3) is 0.947. The average Bonchev–Trinajstić information content (AvgIpc) is 4.16. The molecule has 0 N–H and O–H groups in total. The van der Waals surface area contributed by atoms with Gasteiger partial charge in [-0.15, -0.1) is 0 Å². The van der Waals surface area contributed by atoms with Crippen LogP contribution in [0.5, 0.6) is 0 Å². The van der Waals surface area contributed by atoms with Gasteiger partial charge in [0.05, 0.1) is 0 Å². The standard InChI is InChI=1S/C57H104O15/c1-4-7-10-13-22-31-40-52-64-55(70-67-52)43-34-25-16-19-28-37-49(58)61-46-48(63-51(60)39-30-21-18-27-36-45-57-66-54(69-72-57)42-33-24-15-12-9-6-3)47-62-50(59)38-29-20-17-26-35-44-56-65-53(68-71-56)41-32-23-14-11-8-5-2/h48,52-57H,4-47H2,1-3H3. The number of hydrogen-bond donors (Lipinski definition) is 0. The van der Waals surface area contributed by atoms with Crippen LogP contribution in [-0.2, 0) is 72.1 Å². The van der Waals surface area contributed by atoms with Crippen LogP contribution in [0.15, 0.2) is 0 Å². The van der Waals surface area contributed by atoms with E-state index in [-0.39, 0.29) is 82.2 Å². The first-order valence-electron chi connectivity index (χ1n) is 29.8. The largest absolute Gasteiger partial charge is 0.462 e. The molecule has 3 aliphatic rings. The van der Waals surface area contributed by atoms with E-state index in [1.54, 1.807) is 0 Å². The molecule has 0 saturated carbocycles. The zero-order chi connectivity index (χ0) is 51.4. The molecule has 72 heavy (non-hydrogen) atoms. The highest BCUT2D eigenvalue weighted by molar-refractivity contribution is 5.71. The maximum absolute atomic E-state index is 12.9. The van der Waals surface area contributed by atoms with E-state index in [9.17, 15) is 14.4 Å². The Morgan fingerprint density at radius 1 is 0.306 bits per heavy atom. The van der Waals surface area contributed by atoms with Gasteiger partial charge in [-0.1, -0.05) is 175 Å². The number of ether oxygens (including phenoxy) is 6. The molecule has 0 aromatic heterocycles. The van der Waals surface area contributed by atoms with Crippen LogP contribution in [0, 0.1) is 0 Å². The summed E-state index contributed by atoms with van der Waals surface area (Å²) in [6.45, 7) is 6.37. The van der Waals surface area contributed by atoms with Gasteiger partial charge in [0.25, 0.3) is 0 Å². The lowest BCUT2D eigenvalue weighted by molar-refractivity contribution is -0.298. The van der Waals surface area contributed by atoms with Crippen LogP contribution in [0.25, 0.3) is 0 Å². The third-order valence-corrected chi connectivity index (χ3v) is 13.7. The fourth-order valence-electron chi connectivity index (χ4n) is 9.20. The molecule has 0 aliphatic carbocycles. The second-order valence-corrected chi connectivity index (χ2v) is 20.6. The molecular formula is C57H104O15. The lowest BCUT2D eigenvalue weighted by Crippen LogP contribution is -2.30. The van der Waals surface area contributed by atoms with E-state index in [0.29, 0.717) is 19.3 Å². The summed E-state index contributed by atoms with van der Waals surface area (Å²) in [5.74, 6) is -1.11. The smallest absolute Gasteiger partial charge is 0.306 e. The van der Waals surface area contributed by atoms with Gasteiger partial charge in [-0.25, -0.2) is 29.3 Å². The molecule has 0 bridgehead atoms. The van der Waals surface area contributed by atoms with Gasteiger partial charge in [0.15, 0.2) is 43.8 Å². The SMILES string of the molecule is CCCCCCCCC1OOC(CCCCCCCC(=O)OCC(COC(=O)CCCCCCCC2OOC(CCCCCCCC)O2)OC(=O)CCCCCCCC2OOC(CCCCCCCC)O2)O1. The average molecular weight is 1030 g/mol. The van der Waals surface area contributed by atoms with Crippen LogP contribution in [0.4, 0.5) is 0 Å². The highest BCUT2D eigenvalue weighted by atomic mass is 17.3. The molecule has 0 aromatic rings. The van der Waals surface area contributed by atoms with E-state index < -0.39 is 12.1 Å². The predicted molar refractivity (Wildman–Crippen MR) is 275 cm³/mol. The Balaban J connectivity index is 1.25. The van der Waals surface area contributed by atoms with E-state index >= 15 is 0 Å². The Bertz CT molecular complexity index is 1230. The van der Waals surface area contributed by atoms with E-state index in [0.717, 1.165) is 135 Å². The van der Waals surface area contributed by atoms with Crippen molar-refractivity contribution in [1.82, 2.24) is 0 Å². The minimum absolute atomic E-state index is 0.157. The summed E-state index contributed by atoms with van der Waals surface area (Å²) in [5.41, 5.74) is 0. The van der Waals surface area contributed by atoms with Crippen LogP contribution in [0.1, 0.15) is 290 Å². The third kappa shape index (κ3) is 35.3. The van der Waals surface area contributed by atoms with Crippen molar-refractivity contribution in [2.75, 3.05) is 13.2 Å². The van der Waals surface area contributed by atoms with Crippen LogP contribution >= 0.6 is 0 Å². The number of esters is 3. The van der Waals surface area contributed by atoms with Crippen molar-refractivity contribution >= 4 is 17.9 Å². The molecule has 3 fully saturated rings. The lowest BCUT2D eigenvalue weighted by atomic mass is 10.1. The first-order valence-corrected chi connectivity index (χ1v) is 29.8. The number of rotatable bonds is 50. The van der Waals surface area contributed by atoms with Gasteiger partial charge in [-0.05, 0) is 57.8 Å². The van der Waals surface area contributed by atoms with Crippen molar-refractivity contribution in [3.8, 4) is 0 Å². The predicted octanol–water partition coefficient (Wildman–Crippen LogP) is 15.3. The monoisotopic (exact) mass is 1030 g/mol. The Kier molecular flexibility index (Phi) is 40.4. The zero-order valence-electron chi connectivity index (χ0n) is 45.8. The van der Waals surface area contributed by atoms with Crippen molar-refractivity contribution in [3.63, 3.8) is 0 Å². The van der Waals surface area contributed by atoms with Gasteiger partial charge in [0, 0.05) is 57.8 Å². The van der Waals surface area contributed by atoms with Gasteiger partial charge in [-0.2, -0.15) is 0 Å². The molecule has 0 spiro atoms. The van der Waals surface area contributed by atoms with Crippen molar-refractivity contribution in [1.29, 1.82) is 0 Å². The maximum Gasteiger partial charge on any atom is 0.306 e. The topological polar surface area (TPSA) is 162 Å². The van der Waals surface area contributed by atoms with Crippen molar-refractivity contribution in [3.05, 3.63) is 0 Å². The molecule has 15 heteroatoms. The summed E-state index contributed by atoms with van der Waals surface area (Å²) in [5, 5.41) is 0. The van der Waals surface area contributed by atoms with E-state index in [1.165, 1.54) is 96.3 Å². The van der Waals surface area contributed by atoms with Gasteiger partial charge in [0.1, 0.15) is 13.2 Å².